The van der Waals surface area contributed by atoms with Crippen LogP contribution < -0.4 is 4.74 Å². The molecule has 3 nitrogen and oxygen atoms in total. The summed E-state index contributed by atoms with van der Waals surface area (Å²) in [6.07, 6.45) is 0.971. The van der Waals surface area contributed by atoms with E-state index in [9.17, 15) is 9.18 Å². The number of benzene rings is 2. The molecule has 0 aliphatic carbocycles. The quantitative estimate of drug-likeness (QED) is 0.375. The van der Waals surface area contributed by atoms with Crippen LogP contribution in [0.5, 0.6) is 5.75 Å². The van der Waals surface area contributed by atoms with E-state index in [1.807, 2.05) is 69.3 Å². The van der Waals surface area contributed by atoms with Crippen LogP contribution in [-0.2, 0) is 23.8 Å². The number of thioether (sulfide) groups is 1. The fourth-order valence-corrected chi connectivity index (χ4v) is 3.65. The Labute approximate surface area is 175 Å². The van der Waals surface area contributed by atoms with Gasteiger partial charge in [0.25, 0.3) is 0 Å². The second kappa shape index (κ2) is 9.31. The number of hydrogen-bond acceptors (Lipinski definition) is 4. The Hall–Kier alpha value is -2.53. The number of carbonyl (C=O) groups is 1. The zero-order valence-corrected chi connectivity index (χ0v) is 17.7. The molecule has 0 N–H and O–H groups in total. The van der Waals surface area contributed by atoms with Crippen LogP contribution in [0.4, 0.5) is 4.39 Å². The van der Waals surface area contributed by atoms with Crippen LogP contribution in [-0.4, -0.2) is 11.0 Å². The fourth-order valence-electron chi connectivity index (χ4n) is 2.86. The van der Waals surface area contributed by atoms with Crippen LogP contribution in [0.25, 0.3) is 11.3 Å². The highest BCUT2D eigenvalue weighted by Gasteiger charge is 2.17. The van der Waals surface area contributed by atoms with Gasteiger partial charge in [-0.15, -0.1) is 11.8 Å². The number of hydrogen-bond donors (Lipinski definition) is 0. The van der Waals surface area contributed by atoms with Crippen molar-refractivity contribution in [3.8, 4) is 17.1 Å². The first kappa shape index (κ1) is 21.2. The van der Waals surface area contributed by atoms with E-state index in [-0.39, 0.29) is 0 Å². The first-order valence-electron chi connectivity index (χ1n) is 9.47. The van der Waals surface area contributed by atoms with Gasteiger partial charge in [0, 0.05) is 16.9 Å². The van der Waals surface area contributed by atoms with Gasteiger partial charge >= 0.3 is 0 Å². The lowest BCUT2D eigenvalue weighted by Crippen LogP contribution is -2.16. The zero-order chi connectivity index (χ0) is 20.9. The molecule has 0 bridgehead atoms. The molecule has 0 amide bonds. The average Bonchev–Trinajstić information content (AvgIpc) is 3.11. The van der Waals surface area contributed by atoms with Crippen molar-refractivity contribution in [2.24, 2.45) is 0 Å². The summed E-state index contributed by atoms with van der Waals surface area (Å²) in [6.45, 7) is 5.53. The Morgan fingerprint density at radius 1 is 1.10 bits per heavy atom. The van der Waals surface area contributed by atoms with E-state index in [2.05, 4.69) is 0 Å². The van der Waals surface area contributed by atoms with E-state index in [0.717, 1.165) is 40.2 Å². The van der Waals surface area contributed by atoms with Gasteiger partial charge in [-0.05, 0) is 50.1 Å². The van der Waals surface area contributed by atoms with Crippen molar-refractivity contribution in [1.82, 2.24) is 0 Å². The van der Waals surface area contributed by atoms with Crippen LogP contribution in [0.15, 0.2) is 59.0 Å². The third-order valence-corrected chi connectivity index (χ3v) is 5.95. The molecule has 1 aromatic heterocycles. The van der Waals surface area contributed by atoms with E-state index in [0.29, 0.717) is 17.9 Å². The molecule has 0 saturated carbocycles. The molecule has 1 heterocycles. The Morgan fingerprint density at radius 2 is 1.90 bits per heavy atom. The van der Waals surface area contributed by atoms with Crippen LogP contribution in [0.1, 0.15) is 36.3 Å². The number of aryl methyl sites for hydroxylation is 1. The van der Waals surface area contributed by atoms with Crippen molar-refractivity contribution in [2.75, 3.05) is 0 Å². The number of carbonyl (C=O) groups excluding carboxylic acids is 1. The molecule has 3 rings (SSSR count). The van der Waals surface area contributed by atoms with Crippen molar-refractivity contribution in [3.63, 3.8) is 0 Å². The van der Waals surface area contributed by atoms with E-state index in [1.54, 1.807) is 17.8 Å². The molecule has 0 unspecified atom stereocenters. The predicted molar refractivity (Wildman–Crippen MR) is 116 cm³/mol. The van der Waals surface area contributed by atoms with Gasteiger partial charge in [-0.3, -0.25) is 0 Å². The lowest BCUT2D eigenvalue weighted by Gasteiger charge is -2.16. The Bertz CT molecular complexity index is 978. The summed E-state index contributed by atoms with van der Waals surface area (Å²) in [4.78, 5) is 11.1. The highest BCUT2D eigenvalue weighted by Crippen LogP contribution is 2.30. The Kier molecular flexibility index (Phi) is 6.80. The second-order valence-electron chi connectivity index (χ2n) is 7.43. The zero-order valence-electron chi connectivity index (χ0n) is 16.9. The van der Waals surface area contributed by atoms with Gasteiger partial charge in [-0.25, -0.2) is 4.39 Å². The van der Waals surface area contributed by atoms with Crippen LogP contribution in [0, 0.1) is 6.92 Å². The number of furan rings is 1. The summed E-state index contributed by atoms with van der Waals surface area (Å²) < 4.78 is 24.7. The minimum absolute atomic E-state index is 0.365. The lowest BCUT2D eigenvalue weighted by atomic mass is 10.1. The number of aldehydes is 1. The number of alkyl halides is 1. The molecule has 0 atom stereocenters. The molecule has 2 aromatic carbocycles. The van der Waals surface area contributed by atoms with Gasteiger partial charge < -0.3 is 13.9 Å². The third kappa shape index (κ3) is 5.51. The minimum Gasteiger partial charge on any atom is -0.489 e. The summed E-state index contributed by atoms with van der Waals surface area (Å²) in [5.74, 6) is 2.90. The maximum Gasteiger partial charge on any atom is 0.135 e. The van der Waals surface area contributed by atoms with Crippen LogP contribution in [0.2, 0.25) is 0 Å². The summed E-state index contributed by atoms with van der Waals surface area (Å²) >= 11 is 1.59. The van der Waals surface area contributed by atoms with Crippen molar-refractivity contribution in [1.29, 1.82) is 0 Å². The van der Waals surface area contributed by atoms with E-state index in [1.165, 1.54) is 0 Å². The van der Waals surface area contributed by atoms with Crippen LogP contribution >= 0.6 is 11.8 Å². The first-order valence-corrected chi connectivity index (χ1v) is 10.5. The van der Waals surface area contributed by atoms with Gasteiger partial charge in [-0.1, -0.05) is 36.4 Å². The van der Waals surface area contributed by atoms with Gasteiger partial charge in [0.2, 0.25) is 0 Å². The Balaban J connectivity index is 1.68. The largest absolute Gasteiger partial charge is 0.489 e. The summed E-state index contributed by atoms with van der Waals surface area (Å²) in [5.41, 5.74) is 3.40. The minimum atomic E-state index is -0.534. The maximum absolute atomic E-state index is 13.3. The van der Waals surface area contributed by atoms with Gasteiger partial charge in [0.1, 0.15) is 36.8 Å². The molecule has 0 fully saturated rings. The van der Waals surface area contributed by atoms with Crippen molar-refractivity contribution >= 4 is 18.0 Å². The van der Waals surface area contributed by atoms with Gasteiger partial charge in [0.05, 0.1) is 4.75 Å². The normalized spacial score (nSPS) is 11.4. The molecule has 0 radical (unpaired) electrons. The van der Waals surface area contributed by atoms with Crippen LogP contribution in [0.3, 0.4) is 0 Å². The second-order valence-corrected chi connectivity index (χ2v) is 9.06. The molecule has 3 aromatic rings. The molecular weight excluding hydrogens is 387 g/mol. The maximum atomic E-state index is 13.3. The summed E-state index contributed by atoms with van der Waals surface area (Å²) in [7, 11) is 0. The molecule has 0 aliphatic rings. The molecule has 29 heavy (non-hydrogen) atoms. The summed E-state index contributed by atoms with van der Waals surface area (Å²) in [5, 5.41) is 0. The predicted octanol–water partition coefficient (Wildman–Crippen LogP) is 6.51. The number of halogens is 1. The van der Waals surface area contributed by atoms with E-state index >= 15 is 0 Å². The molecule has 5 heteroatoms. The monoisotopic (exact) mass is 412 g/mol. The SMILES string of the molecule is Cc1oc(-c2ccccc2CF)cc1COc1cccc(CSC(C)(C)C=O)c1. The van der Waals surface area contributed by atoms with Crippen molar-refractivity contribution in [3.05, 3.63) is 77.0 Å². The first-order chi connectivity index (χ1) is 13.9. The highest BCUT2D eigenvalue weighted by molar-refractivity contribution is 8.00. The third-order valence-electron chi connectivity index (χ3n) is 4.63. The van der Waals surface area contributed by atoms with E-state index < -0.39 is 11.4 Å². The average molecular weight is 413 g/mol. The topological polar surface area (TPSA) is 39.4 Å². The highest BCUT2D eigenvalue weighted by atomic mass is 32.2. The van der Waals surface area contributed by atoms with Crippen molar-refractivity contribution in [2.45, 2.75) is 44.6 Å². The molecule has 0 spiro atoms. The lowest BCUT2D eigenvalue weighted by molar-refractivity contribution is -0.109. The van der Waals surface area contributed by atoms with E-state index in [4.69, 9.17) is 9.15 Å². The molecular formula is C24H25FO3S. The summed E-state index contributed by atoms with van der Waals surface area (Å²) in [6, 6.07) is 17.1. The van der Waals surface area contributed by atoms with Gasteiger partial charge in [0.15, 0.2) is 0 Å². The fraction of sp³-hybridized carbons (Fsp3) is 0.292. The van der Waals surface area contributed by atoms with Gasteiger partial charge in [-0.2, -0.15) is 0 Å². The van der Waals surface area contributed by atoms with Crippen molar-refractivity contribution < 1.29 is 18.3 Å². The smallest absolute Gasteiger partial charge is 0.135 e. The number of ether oxygens (including phenoxy) is 1. The standard InChI is InChI=1S/C24H25FO3S/c1-17-20(12-23(28-17)22-10-5-4-8-19(22)13-25)14-27-21-9-6-7-18(11-21)15-29-24(2,3)16-26/h4-12,16H,13-15H2,1-3H3. The molecule has 0 aliphatic heterocycles. The number of rotatable bonds is 9. The molecule has 0 saturated heterocycles. The molecule has 152 valence electrons. The Morgan fingerprint density at radius 3 is 2.66 bits per heavy atom.